The summed E-state index contributed by atoms with van der Waals surface area (Å²) in [6.07, 6.45) is 3.84. The molecule has 2 rings (SSSR count). The fourth-order valence-electron chi connectivity index (χ4n) is 1.29. The van der Waals surface area contributed by atoms with E-state index in [9.17, 15) is 9.90 Å². The Bertz CT molecular complexity index is 363. The van der Waals surface area contributed by atoms with Gasteiger partial charge >= 0.3 is 0 Å². The Kier molecular flexibility index (Phi) is 1.46. The van der Waals surface area contributed by atoms with Crippen molar-refractivity contribution >= 4 is 0 Å². The molecule has 1 aromatic heterocycles. The SMILES string of the molecule is Cc1c(O)ccn(C2CC2)c1=O. The maximum Gasteiger partial charge on any atom is 0.257 e. The van der Waals surface area contributed by atoms with Gasteiger partial charge in [-0.3, -0.25) is 4.79 Å². The molecule has 1 aliphatic rings. The monoisotopic (exact) mass is 165 g/mol. The molecule has 1 fully saturated rings. The number of nitrogens with zero attached hydrogens (tertiary/aromatic N) is 1. The van der Waals surface area contributed by atoms with Crippen LogP contribution in [0.2, 0.25) is 0 Å². The van der Waals surface area contributed by atoms with Gasteiger partial charge in [-0.15, -0.1) is 0 Å². The molecule has 0 spiro atoms. The highest BCUT2D eigenvalue weighted by Gasteiger charge is 2.24. The number of pyridine rings is 1. The molecule has 1 aliphatic carbocycles. The average molecular weight is 165 g/mol. The summed E-state index contributed by atoms with van der Waals surface area (Å²) >= 11 is 0. The lowest BCUT2D eigenvalue weighted by atomic mass is 10.3. The van der Waals surface area contributed by atoms with Gasteiger partial charge in [-0.2, -0.15) is 0 Å². The lowest BCUT2D eigenvalue weighted by Crippen LogP contribution is -2.20. The average Bonchev–Trinajstić information content (AvgIpc) is 2.84. The van der Waals surface area contributed by atoms with Gasteiger partial charge < -0.3 is 9.67 Å². The van der Waals surface area contributed by atoms with Gasteiger partial charge in [0.2, 0.25) is 0 Å². The summed E-state index contributed by atoms with van der Waals surface area (Å²) in [7, 11) is 0. The van der Waals surface area contributed by atoms with E-state index in [2.05, 4.69) is 0 Å². The topological polar surface area (TPSA) is 42.2 Å². The van der Waals surface area contributed by atoms with E-state index in [4.69, 9.17) is 0 Å². The Morgan fingerprint density at radius 3 is 2.83 bits per heavy atom. The third-order valence-corrected chi connectivity index (χ3v) is 2.27. The summed E-state index contributed by atoms with van der Waals surface area (Å²) in [6, 6.07) is 1.96. The molecule has 64 valence electrons. The summed E-state index contributed by atoms with van der Waals surface area (Å²) in [5.74, 6) is 0.0944. The highest BCUT2D eigenvalue weighted by Crippen LogP contribution is 2.33. The molecule has 0 saturated heterocycles. The zero-order valence-electron chi connectivity index (χ0n) is 6.95. The van der Waals surface area contributed by atoms with E-state index in [1.807, 2.05) is 0 Å². The summed E-state index contributed by atoms with van der Waals surface area (Å²) in [4.78, 5) is 11.5. The van der Waals surface area contributed by atoms with E-state index in [0.29, 0.717) is 11.6 Å². The zero-order chi connectivity index (χ0) is 8.72. The van der Waals surface area contributed by atoms with Crippen molar-refractivity contribution in [2.75, 3.05) is 0 Å². The van der Waals surface area contributed by atoms with Crippen LogP contribution in [-0.2, 0) is 0 Å². The first kappa shape index (κ1) is 7.40. The Morgan fingerprint density at radius 2 is 2.25 bits per heavy atom. The van der Waals surface area contributed by atoms with Gasteiger partial charge in [-0.1, -0.05) is 0 Å². The predicted molar refractivity (Wildman–Crippen MR) is 45.4 cm³/mol. The van der Waals surface area contributed by atoms with Crippen LogP contribution in [0, 0.1) is 6.92 Å². The molecule has 0 amide bonds. The fourth-order valence-corrected chi connectivity index (χ4v) is 1.29. The summed E-state index contributed by atoms with van der Waals surface area (Å²) < 4.78 is 1.70. The fraction of sp³-hybridized carbons (Fsp3) is 0.444. The first-order valence-corrected chi connectivity index (χ1v) is 4.11. The summed E-state index contributed by atoms with van der Waals surface area (Å²) in [6.45, 7) is 1.65. The van der Waals surface area contributed by atoms with Crippen molar-refractivity contribution in [2.45, 2.75) is 25.8 Å². The van der Waals surface area contributed by atoms with Gasteiger partial charge in [0.25, 0.3) is 5.56 Å². The van der Waals surface area contributed by atoms with E-state index in [1.165, 1.54) is 0 Å². The minimum absolute atomic E-state index is 0.0579. The van der Waals surface area contributed by atoms with Crippen LogP contribution in [0.15, 0.2) is 17.1 Å². The molecule has 1 N–H and O–H groups in total. The second-order valence-electron chi connectivity index (χ2n) is 3.27. The highest BCUT2D eigenvalue weighted by molar-refractivity contribution is 5.27. The van der Waals surface area contributed by atoms with Crippen LogP contribution in [0.25, 0.3) is 0 Å². The highest BCUT2D eigenvalue weighted by atomic mass is 16.3. The molecule has 0 atom stereocenters. The molecular formula is C9H11NO2. The molecule has 1 heterocycles. The molecule has 0 unspecified atom stereocenters. The lowest BCUT2D eigenvalue weighted by molar-refractivity contribution is 0.465. The van der Waals surface area contributed by atoms with Crippen LogP contribution < -0.4 is 5.56 Å². The first-order valence-electron chi connectivity index (χ1n) is 4.11. The van der Waals surface area contributed by atoms with E-state index in [1.54, 1.807) is 23.8 Å². The molecule has 3 heteroatoms. The largest absolute Gasteiger partial charge is 0.507 e. The minimum atomic E-state index is -0.0579. The minimum Gasteiger partial charge on any atom is -0.507 e. The molecule has 1 saturated carbocycles. The lowest BCUT2D eigenvalue weighted by Gasteiger charge is -2.04. The third-order valence-electron chi connectivity index (χ3n) is 2.27. The Morgan fingerprint density at radius 1 is 1.58 bits per heavy atom. The molecule has 0 aromatic carbocycles. The van der Waals surface area contributed by atoms with Crippen molar-refractivity contribution < 1.29 is 5.11 Å². The van der Waals surface area contributed by atoms with Gasteiger partial charge in [0.1, 0.15) is 5.75 Å². The normalized spacial score (nSPS) is 16.4. The zero-order valence-corrected chi connectivity index (χ0v) is 6.95. The van der Waals surface area contributed by atoms with Crippen LogP contribution in [-0.4, -0.2) is 9.67 Å². The number of hydrogen-bond acceptors (Lipinski definition) is 2. The van der Waals surface area contributed by atoms with E-state index < -0.39 is 0 Å². The van der Waals surface area contributed by atoms with E-state index >= 15 is 0 Å². The Hall–Kier alpha value is -1.25. The molecule has 0 bridgehead atoms. The number of aromatic nitrogens is 1. The van der Waals surface area contributed by atoms with Gasteiger partial charge in [-0.05, 0) is 25.8 Å². The maximum atomic E-state index is 11.5. The van der Waals surface area contributed by atoms with Crippen LogP contribution >= 0.6 is 0 Å². The number of hydrogen-bond donors (Lipinski definition) is 1. The molecule has 0 aliphatic heterocycles. The Labute approximate surface area is 70.3 Å². The van der Waals surface area contributed by atoms with E-state index in [0.717, 1.165) is 12.8 Å². The second-order valence-corrected chi connectivity index (χ2v) is 3.27. The van der Waals surface area contributed by atoms with Crippen LogP contribution in [0.4, 0.5) is 0 Å². The van der Waals surface area contributed by atoms with Crippen molar-refractivity contribution in [3.05, 3.63) is 28.2 Å². The number of rotatable bonds is 1. The van der Waals surface area contributed by atoms with E-state index in [-0.39, 0.29) is 11.3 Å². The van der Waals surface area contributed by atoms with Crippen molar-refractivity contribution in [3.8, 4) is 5.75 Å². The van der Waals surface area contributed by atoms with Crippen LogP contribution in [0.3, 0.4) is 0 Å². The van der Waals surface area contributed by atoms with Crippen molar-refractivity contribution in [1.29, 1.82) is 0 Å². The van der Waals surface area contributed by atoms with Gasteiger partial charge in [0.15, 0.2) is 0 Å². The van der Waals surface area contributed by atoms with Gasteiger partial charge in [-0.25, -0.2) is 0 Å². The quantitative estimate of drug-likeness (QED) is 0.679. The Balaban J connectivity index is 2.57. The molecule has 1 aromatic rings. The third kappa shape index (κ3) is 1.02. The predicted octanol–water partition coefficient (Wildman–Crippen LogP) is 1.20. The summed E-state index contributed by atoms with van der Waals surface area (Å²) in [5.41, 5.74) is 0.391. The van der Waals surface area contributed by atoms with Gasteiger partial charge in [0, 0.05) is 12.2 Å². The first-order chi connectivity index (χ1) is 5.70. The number of aromatic hydroxyl groups is 1. The maximum absolute atomic E-state index is 11.5. The van der Waals surface area contributed by atoms with Crippen LogP contribution in [0.1, 0.15) is 24.4 Å². The molecular weight excluding hydrogens is 154 g/mol. The van der Waals surface area contributed by atoms with Crippen molar-refractivity contribution in [1.82, 2.24) is 4.57 Å². The molecule has 3 nitrogen and oxygen atoms in total. The van der Waals surface area contributed by atoms with Crippen molar-refractivity contribution in [2.24, 2.45) is 0 Å². The van der Waals surface area contributed by atoms with Crippen molar-refractivity contribution in [3.63, 3.8) is 0 Å². The molecule has 0 radical (unpaired) electrons. The standard InChI is InChI=1S/C9H11NO2/c1-6-8(11)4-5-10(9(6)12)7-2-3-7/h4-5,7,11H,2-3H2,1H3. The smallest absolute Gasteiger partial charge is 0.257 e. The second kappa shape index (κ2) is 2.37. The van der Waals surface area contributed by atoms with Gasteiger partial charge in [0.05, 0.1) is 5.56 Å². The summed E-state index contributed by atoms with van der Waals surface area (Å²) in [5, 5.41) is 9.21. The van der Waals surface area contributed by atoms with Crippen LogP contribution in [0.5, 0.6) is 5.75 Å². The molecule has 12 heavy (non-hydrogen) atoms.